The number of carbonyl (C=O) groups excluding carboxylic acids is 1. The molecule has 0 saturated carbocycles. The van der Waals surface area contributed by atoms with Crippen molar-refractivity contribution in [2.45, 2.75) is 0 Å². The Kier molecular flexibility index (Phi) is 4.32. The van der Waals surface area contributed by atoms with Gasteiger partial charge in [0.1, 0.15) is 10.6 Å². The first-order valence-electron chi connectivity index (χ1n) is 6.43. The molecular weight excluding hydrogens is 318 g/mol. The summed E-state index contributed by atoms with van der Waals surface area (Å²) in [6, 6.07) is 13.9. The van der Waals surface area contributed by atoms with Crippen LogP contribution in [0.25, 0.3) is 11.0 Å². The van der Waals surface area contributed by atoms with Gasteiger partial charge >= 0.3 is 5.63 Å². The SMILES string of the molecule is O=C(Nc1cc(=O)oc2ccccc2ccs1)c1cccs1. The predicted molar refractivity (Wildman–Crippen MR) is 90.3 cm³/mol. The summed E-state index contributed by atoms with van der Waals surface area (Å²) in [5, 5.41) is 7.58. The molecule has 3 aromatic rings. The van der Waals surface area contributed by atoms with E-state index in [2.05, 4.69) is 5.32 Å². The number of para-hydroxylation sites is 1. The first-order valence-corrected chi connectivity index (χ1v) is 8.19. The van der Waals surface area contributed by atoms with Crippen LogP contribution >= 0.6 is 22.7 Å². The first-order chi connectivity index (χ1) is 10.7. The van der Waals surface area contributed by atoms with Gasteiger partial charge in [0.05, 0.1) is 10.9 Å². The van der Waals surface area contributed by atoms with Crippen molar-refractivity contribution >= 4 is 44.6 Å². The number of carbonyl (C=O) groups is 1. The quantitative estimate of drug-likeness (QED) is 0.763. The first kappa shape index (κ1) is 14.5. The van der Waals surface area contributed by atoms with Crippen LogP contribution in [0.4, 0.5) is 5.00 Å². The summed E-state index contributed by atoms with van der Waals surface area (Å²) < 4.78 is 5.29. The second-order valence-corrected chi connectivity index (χ2v) is 6.21. The summed E-state index contributed by atoms with van der Waals surface area (Å²) in [5.74, 6) is -0.244. The third-order valence-corrected chi connectivity index (χ3v) is 4.42. The molecule has 0 fully saturated rings. The molecule has 0 bridgehead atoms. The fourth-order valence-electron chi connectivity index (χ4n) is 1.82. The van der Waals surface area contributed by atoms with Gasteiger partial charge in [-0.15, -0.1) is 22.7 Å². The molecule has 110 valence electrons. The van der Waals surface area contributed by atoms with Crippen molar-refractivity contribution < 1.29 is 9.21 Å². The van der Waals surface area contributed by atoms with Gasteiger partial charge < -0.3 is 9.73 Å². The van der Waals surface area contributed by atoms with Crippen LogP contribution in [0.1, 0.15) is 9.67 Å². The van der Waals surface area contributed by atoms with E-state index in [1.54, 1.807) is 29.6 Å². The Morgan fingerprint density at radius 2 is 1.86 bits per heavy atom. The van der Waals surface area contributed by atoms with Crippen molar-refractivity contribution in [3.05, 3.63) is 74.6 Å². The Balaban J connectivity index is 2.04. The number of benzene rings is 1. The van der Waals surface area contributed by atoms with E-state index in [1.165, 1.54) is 28.7 Å². The number of amides is 1. The van der Waals surface area contributed by atoms with Crippen LogP contribution in [0.2, 0.25) is 0 Å². The second kappa shape index (κ2) is 6.55. The molecule has 1 aromatic carbocycles. The van der Waals surface area contributed by atoms with Gasteiger partial charge in [0.2, 0.25) is 0 Å². The predicted octanol–water partition coefficient (Wildman–Crippen LogP) is 4.29. The Bertz CT molecular complexity index is 908. The van der Waals surface area contributed by atoms with Crippen molar-refractivity contribution in [3.63, 3.8) is 0 Å². The lowest BCUT2D eigenvalue weighted by Gasteiger charge is -1.99. The summed E-state index contributed by atoms with van der Waals surface area (Å²) >= 11 is 2.60. The molecule has 4 nitrogen and oxygen atoms in total. The maximum absolute atomic E-state index is 12.1. The van der Waals surface area contributed by atoms with E-state index in [0.29, 0.717) is 15.5 Å². The molecule has 3 rings (SSSR count). The molecular formula is C16H11NO3S2. The standard InChI is InChI=1S/C16H11NO3S2/c18-15-10-14(17-16(19)13-6-3-8-21-13)22-9-7-11-4-1-2-5-12(11)20-15/h1-10H,(H,17,19). The molecule has 22 heavy (non-hydrogen) atoms. The van der Waals surface area contributed by atoms with Crippen molar-refractivity contribution in [1.82, 2.24) is 0 Å². The van der Waals surface area contributed by atoms with E-state index >= 15 is 0 Å². The highest BCUT2D eigenvalue weighted by atomic mass is 32.1. The summed E-state index contributed by atoms with van der Waals surface area (Å²) in [6.45, 7) is 0. The van der Waals surface area contributed by atoms with Gasteiger partial charge in [-0.1, -0.05) is 24.3 Å². The topological polar surface area (TPSA) is 59.3 Å². The molecule has 6 heteroatoms. The minimum absolute atomic E-state index is 0.244. The van der Waals surface area contributed by atoms with Crippen molar-refractivity contribution in [3.8, 4) is 0 Å². The fraction of sp³-hybridized carbons (Fsp3) is 0. The molecule has 2 aromatic heterocycles. The van der Waals surface area contributed by atoms with Crippen LogP contribution in [0.3, 0.4) is 0 Å². The van der Waals surface area contributed by atoms with Crippen LogP contribution in [0.5, 0.6) is 0 Å². The highest BCUT2D eigenvalue weighted by Crippen LogP contribution is 2.16. The third-order valence-electron chi connectivity index (χ3n) is 2.80. The minimum atomic E-state index is -0.523. The van der Waals surface area contributed by atoms with Gasteiger partial charge in [-0.3, -0.25) is 4.79 Å². The number of hydrogen-bond donors (Lipinski definition) is 1. The minimum Gasteiger partial charge on any atom is -0.423 e. The molecule has 2 heterocycles. The average Bonchev–Trinajstić information content (AvgIpc) is 3.03. The van der Waals surface area contributed by atoms with Gasteiger partial charge in [-0.2, -0.15) is 0 Å². The van der Waals surface area contributed by atoms with Gasteiger partial charge in [-0.05, 0) is 29.0 Å². The van der Waals surface area contributed by atoms with Crippen LogP contribution in [-0.2, 0) is 0 Å². The summed E-state index contributed by atoms with van der Waals surface area (Å²) in [4.78, 5) is 24.6. The lowest BCUT2D eigenvalue weighted by molar-refractivity contribution is 0.103. The number of anilines is 1. The molecule has 0 saturated heterocycles. The van der Waals surface area contributed by atoms with Crippen LogP contribution in [0.15, 0.2) is 68.5 Å². The lowest BCUT2D eigenvalue weighted by Crippen LogP contribution is -2.10. The van der Waals surface area contributed by atoms with Crippen molar-refractivity contribution in [2.24, 2.45) is 0 Å². The van der Waals surface area contributed by atoms with Gasteiger partial charge in [0, 0.05) is 5.39 Å². The monoisotopic (exact) mass is 329 g/mol. The summed E-state index contributed by atoms with van der Waals surface area (Å²) in [7, 11) is 0. The lowest BCUT2D eigenvalue weighted by atomic mass is 10.2. The largest absolute Gasteiger partial charge is 0.423 e. The van der Waals surface area contributed by atoms with E-state index < -0.39 is 5.63 Å². The number of rotatable bonds is 2. The van der Waals surface area contributed by atoms with Gasteiger partial charge in [-0.25, -0.2) is 4.79 Å². The van der Waals surface area contributed by atoms with Gasteiger partial charge in [0.25, 0.3) is 5.91 Å². The van der Waals surface area contributed by atoms with Crippen molar-refractivity contribution in [2.75, 3.05) is 5.32 Å². The molecule has 1 N–H and O–H groups in total. The van der Waals surface area contributed by atoms with E-state index in [-0.39, 0.29) is 5.91 Å². The molecule has 1 amide bonds. The normalized spacial score (nSPS) is 10.2. The molecule has 0 aliphatic carbocycles. The smallest absolute Gasteiger partial charge is 0.339 e. The molecule has 0 aliphatic heterocycles. The molecule has 0 atom stereocenters. The van der Waals surface area contributed by atoms with Gasteiger partial charge in [0.15, 0.2) is 0 Å². The Labute approximate surface area is 134 Å². The Morgan fingerprint density at radius 1 is 1.00 bits per heavy atom. The van der Waals surface area contributed by atoms with E-state index in [9.17, 15) is 9.59 Å². The number of thiophene rings is 1. The fourth-order valence-corrected chi connectivity index (χ4v) is 3.11. The third kappa shape index (κ3) is 3.41. The molecule has 0 aliphatic rings. The number of hydrogen-bond acceptors (Lipinski definition) is 5. The molecule has 0 radical (unpaired) electrons. The Morgan fingerprint density at radius 3 is 2.68 bits per heavy atom. The highest BCUT2D eigenvalue weighted by molar-refractivity contribution is 7.14. The van der Waals surface area contributed by atoms with E-state index in [0.717, 1.165) is 5.39 Å². The maximum Gasteiger partial charge on any atom is 0.339 e. The van der Waals surface area contributed by atoms with E-state index in [1.807, 2.05) is 23.6 Å². The van der Waals surface area contributed by atoms with Crippen LogP contribution in [-0.4, -0.2) is 5.91 Å². The highest BCUT2D eigenvalue weighted by Gasteiger charge is 2.06. The molecule has 0 unspecified atom stereocenters. The zero-order valence-corrected chi connectivity index (χ0v) is 12.9. The zero-order valence-electron chi connectivity index (χ0n) is 11.3. The van der Waals surface area contributed by atoms with E-state index in [4.69, 9.17) is 4.42 Å². The second-order valence-electron chi connectivity index (χ2n) is 4.32. The van der Waals surface area contributed by atoms with Crippen LogP contribution in [0, 0.1) is 0 Å². The Hall–Kier alpha value is -2.44. The zero-order chi connectivity index (χ0) is 15.4. The summed E-state index contributed by atoms with van der Waals surface area (Å²) in [5.41, 5.74) is -0.0310. The summed E-state index contributed by atoms with van der Waals surface area (Å²) in [6.07, 6.45) is 0. The number of fused-ring (bicyclic) bond motifs is 1. The van der Waals surface area contributed by atoms with Crippen molar-refractivity contribution in [1.29, 1.82) is 0 Å². The number of nitrogens with one attached hydrogen (secondary N) is 1. The van der Waals surface area contributed by atoms with Crippen LogP contribution < -0.4 is 10.9 Å². The average molecular weight is 329 g/mol. The maximum atomic E-state index is 12.1. The molecule has 0 spiro atoms.